The molecular weight excluding hydrogens is 283 g/mol. The summed E-state index contributed by atoms with van der Waals surface area (Å²) in [7, 11) is 0. The van der Waals surface area contributed by atoms with Crippen molar-refractivity contribution in [1.29, 1.82) is 0 Å². The summed E-state index contributed by atoms with van der Waals surface area (Å²) < 4.78 is 5.91. The van der Waals surface area contributed by atoms with Gasteiger partial charge in [-0.3, -0.25) is 0 Å². The molecule has 1 heterocycles. The summed E-state index contributed by atoms with van der Waals surface area (Å²) in [6.07, 6.45) is 0. The van der Waals surface area contributed by atoms with E-state index in [-0.39, 0.29) is 10.8 Å². The summed E-state index contributed by atoms with van der Waals surface area (Å²) in [5.41, 5.74) is 1.04. The Morgan fingerprint density at radius 2 is 2.18 bits per heavy atom. The van der Waals surface area contributed by atoms with E-state index in [1.807, 2.05) is 12.3 Å². The maximum absolute atomic E-state index is 10.3. The van der Waals surface area contributed by atoms with E-state index < -0.39 is 12.6 Å². The smallest absolute Gasteiger partial charge is 0.140 e. The first-order valence-electron chi connectivity index (χ1n) is 4.69. The van der Waals surface area contributed by atoms with Crippen LogP contribution in [0, 0.1) is 6.92 Å². The van der Waals surface area contributed by atoms with Crippen LogP contribution in [-0.4, -0.2) is 12.6 Å². The topological polar surface area (TPSA) is 49.4 Å². The zero-order valence-corrected chi connectivity index (χ0v) is 11.1. The van der Waals surface area contributed by atoms with E-state index in [0.29, 0.717) is 5.02 Å². The lowest BCUT2D eigenvalue weighted by molar-refractivity contribution is -0.307. The largest absolute Gasteiger partial charge is 0.546 e. The van der Waals surface area contributed by atoms with Crippen LogP contribution < -0.4 is 9.84 Å². The second-order valence-corrected chi connectivity index (χ2v) is 5.09. The van der Waals surface area contributed by atoms with Crippen LogP contribution in [0.25, 0.3) is 10.1 Å². The highest BCUT2D eigenvalue weighted by molar-refractivity contribution is 7.18. The Bertz CT molecular complexity index is 592. The summed E-state index contributed by atoms with van der Waals surface area (Å²) in [6, 6.07) is 1.69. The van der Waals surface area contributed by atoms with Crippen molar-refractivity contribution in [2.24, 2.45) is 0 Å². The molecule has 1 aromatic carbocycles. The van der Waals surface area contributed by atoms with Crippen LogP contribution in [0.1, 0.15) is 5.56 Å². The number of aliphatic carboxylic acids is 1. The Morgan fingerprint density at radius 1 is 1.47 bits per heavy atom. The lowest BCUT2D eigenvalue weighted by Crippen LogP contribution is -2.29. The summed E-state index contributed by atoms with van der Waals surface area (Å²) in [6.45, 7) is 1.39. The molecule has 2 rings (SSSR count). The van der Waals surface area contributed by atoms with Gasteiger partial charge >= 0.3 is 0 Å². The molecule has 0 fully saturated rings. The van der Waals surface area contributed by atoms with Crippen molar-refractivity contribution in [3.63, 3.8) is 0 Å². The van der Waals surface area contributed by atoms with Gasteiger partial charge in [0.2, 0.25) is 0 Å². The second kappa shape index (κ2) is 4.72. The number of benzene rings is 1. The summed E-state index contributed by atoms with van der Waals surface area (Å²) in [5.74, 6) is -1.05. The maximum atomic E-state index is 10.3. The van der Waals surface area contributed by atoms with Gasteiger partial charge in [-0.15, -0.1) is 11.3 Å². The summed E-state index contributed by atoms with van der Waals surface area (Å²) in [5, 5.41) is 13.8. The fourth-order valence-electron chi connectivity index (χ4n) is 1.45. The number of halogens is 2. The fraction of sp³-hybridized carbons (Fsp3) is 0.182. The van der Waals surface area contributed by atoms with Crippen LogP contribution >= 0.6 is 34.5 Å². The Kier molecular flexibility index (Phi) is 3.47. The van der Waals surface area contributed by atoms with E-state index in [9.17, 15) is 9.90 Å². The molecule has 0 unspecified atom stereocenters. The molecule has 0 aliphatic rings. The number of thiophene rings is 1. The van der Waals surface area contributed by atoms with Gasteiger partial charge in [0.25, 0.3) is 0 Å². The quantitative estimate of drug-likeness (QED) is 0.873. The minimum absolute atomic E-state index is 0.224. The fourth-order valence-corrected chi connectivity index (χ4v) is 3.01. The van der Waals surface area contributed by atoms with Gasteiger partial charge in [-0.25, -0.2) is 0 Å². The van der Waals surface area contributed by atoms with E-state index in [1.54, 1.807) is 6.07 Å². The van der Waals surface area contributed by atoms with Crippen molar-refractivity contribution < 1.29 is 14.6 Å². The predicted octanol–water partition coefficient (Wildman–Crippen LogP) is 2.65. The zero-order valence-electron chi connectivity index (χ0n) is 8.75. The van der Waals surface area contributed by atoms with Crippen molar-refractivity contribution in [1.82, 2.24) is 0 Å². The molecule has 0 radical (unpaired) electrons. The third-order valence-electron chi connectivity index (χ3n) is 2.25. The number of fused-ring (bicyclic) bond motifs is 1. The van der Waals surface area contributed by atoms with Gasteiger partial charge in [0.05, 0.1) is 15.7 Å². The number of carboxylic acid groups (broad SMARTS) is 1. The van der Waals surface area contributed by atoms with E-state index in [1.165, 1.54) is 11.3 Å². The molecule has 0 atom stereocenters. The van der Waals surface area contributed by atoms with Gasteiger partial charge in [0.15, 0.2) is 0 Å². The standard InChI is InChI=1S/C11H8Cl2O3S/c1-5-4-17-11-6(5)2-7(9(12)10(11)13)16-3-8(14)15/h2,4H,3H2,1H3,(H,14,15)/p-1. The molecule has 0 saturated carbocycles. The van der Waals surface area contributed by atoms with Crippen LogP contribution in [0.15, 0.2) is 11.4 Å². The molecule has 1 aromatic heterocycles. The number of hydrogen-bond acceptors (Lipinski definition) is 4. The lowest BCUT2D eigenvalue weighted by atomic mass is 10.2. The van der Waals surface area contributed by atoms with Gasteiger partial charge < -0.3 is 14.6 Å². The average Bonchev–Trinajstić information content (AvgIpc) is 2.63. The van der Waals surface area contributed by atoms with E-state index in [4.69, 9.17) is 27.9 Å². The Morgan fingerprint density at radius 3 is 2.82 bits per heavy atom. The van der Waals surface area contributed by atoms with Crippen molar-refractivity contribution >= 4 is 50.6 Å². The molecule has 0 spiro atoms. The van der Waals surface area contributed by atoms with E-state index in [0.717, 1.165) is 15.6 Å². The van der Waals surface area contributed by atoms with Crippen LogP contribution in [0.3, 0.4) is 0 Å². The molecule has 6 heteroatoms. The first kappa shape index (κ1) is 12.5. The Hall–Kier alpha value is -0.970. The monoisotopic (exact) mass is 289 g/mol. The molecule has 0 saturated heterocycles. The molecule has 90 valence electrons. The summed E-state index contributed by atoms with van der Waals surface area (Å²) in [4.78, 5) is 10.3. The lowest BCUT2D eigenvalue weighted by Gasteiger charge is -2.10. The van der Waals surface area contributed by atoms with Crippen molar-refractivity contribution in [3.8, 4) is 5.75 Å². The van der Waals surface area contributed by atoms with E-state index in [2.05, 4.69) is 0 Å². The van der Waals surface area contributed by atoms with Crippen LogP contribution in [0.2, 0.25) is 10.0 Å². The number of ether oxygens (including phenoxy) is 1. The molecule has 3 nitrogen and oxygen atoms in total. The van der Waals surface area contributed by atoms with Gasteiger partial charge in [0, 0.05) is 5.39 Å². The minimum Gasteiger partial charge on any atom is -0.546 e. The number of carbonyl (C=O) groups is 1. The van der Waals surface area contributed by atoms with Crippen LogP contribution in [0.5, 0.6) is 5.75 Å². The highest BCUT2D eigenvalue weighted by Crippen LogP contribution is 2.42. The number of aryl methyl sites for hydroxylation is 1. The molecule has 17 heavy (non-hydrogen) atoms. The number of carboxylic acids is 1. The van der Waals surface area contributed by atoms with Crippen molar-refractivity contribution in [2.75, 3.05) is 6.61 Å². The predicted molar refractivity (Wildman–Crippen MR) is 67.1 cm³/mol. The highest BCUT2D eigenvalue weighted by atomic mass is 35.5. The SMILES string of the molecule is Cc1csc2c(Cl)c(Cl)c(OCC(=O)[O-])cc12. The summed E-state index contributed by atoms with van der Waals surface area (Å²) >= 11 is 13.6. The first-order chi connectivity index (χ1) is 8.00. The molecular formula is C11H7Cl2O3S-. The first-order valence-corrected chi connectivity index (χ1v) is 6.32. The van der Waals surface area contributed by atoms with Crippen molar-refractivity contribution in [3.05, 3.63) is 27.1 Å². The van der Waals surface area contributed by atoms with Crippen LogP contribution in [0.4, 0.5) is 0 Å². The van der Waals surface area contributed by atoms with Gasteiger partial charge in [-0.2, -0.15) is 0 Å². The third kappa shape index (κ3) is 2.34. The number of rotatable bonds is 3. The van der Waals surface area contributed by atoms with Gasteiger partial charge in [0.1, 0.15) is 17.4 Å². The molecule has 0 aliphatic heterocycles. The van der Waals surface area contributed by atoms with Gasteiger partial charge in [-0.05, 0) is 23.9 Å². The molecule has 0 bridgehead atoms. The van der Waals surface area contributed by atoms with E-state index >= 15 is 0 Å². The molecule has 0 aliphatic carbocycles. The highest BCUT2D eigenvalue weighted by Gasteiger charge is 2.14. The Balaban J connectivity index is 2.52. The normalized spacial score (nSPS) is 10.8. The average molecular weight is 290 g/mol. The van der Waals surface area contributed by atoms with Crippen molar-refractivity contribution in [2.45, 2.75) is 6.92 Å². The zero-order chi connectivity index (χ0) is 12.6. The molecule has 0 amide bonds. The minimum atomic E-state index is -1.31. The molecule has 0 N–H and O–H groups in total. The van der Waals surface area contributed by atoms with Gasteiger partial charge in [-0.1, -0.05) is 23.2 Å². The number of hydrogen-bond donors (Lipinski definition) is 0. The van der Waals surface area contributed by atoms with Crippen LogP contribution in [-0.2, 0) is 4.79 Å². The molecule has 2 aromatic rings. The third-order valence-corrected chi connectivity index (χ3v) is 4.35. The Labute approximate surface area is 112 Å². The number of carbonyl (C=O) groups excluding carboxylic acids is 1. The maximum Gasteiger partial charge on any atom is 0.140 e. The second-order valence-electron chi connectivity index (χ2n) is 3.46.